The van der Waals surface area contributed by atoms with Gasteiger partial charge < -0.3 is 15.8 Å². The molecule has 180 valence electrons. The number of alkyl halides is 2. The van der Waals surface area contributed by atoms with Gasteiger partial charge in [0.15, 0.2) is 10.8 Å². The standard InChI is InChI=1S/C22H22F3N5O3S/c1-21(12-3-5-13(23)6-4-12)16(20(32)33-2)14(28-18(29-21)19-27-7-8-34-19)10-30-11-22(24,25)9-15(30)17(26)31/h3-8,15H,9-11H2,1-2H3,(H2,26,31)(H,28,29)/t15?,21-/m0/s1. The Morgan fingerprint density at radius 3 is 2.62 bits per heavy atom. The second-order valence-corrected chi connectivity index (χ2v) is 9.12. The van der Waals surface area contributed by atoms with Crippen LogP contribution in [0.25, 0.3) is 0 Å². The van der Waals surface area contributed by atoms with Crippen LogP contribution in [-0.4, -0.2) is 59.8 Å². The number of benzene rings is 1. The average Bonchev–Trinajstić information content (AvgIpc) is 3.41. The topological polar surface area (TPSA) is 110 Å². The number of hydrogen-bond donors (Lipinski definition) is 2. The average molecular weight is 494 g/mol. The zero-order valence-corrected chi connectivity index (χ0v) is 19.2. The molecule has 1 unspecified atom stereocenters. The van der Waals surface area contributed by atoms with Crippen LogP contribution in [0.15, 0.2) is 52.1 Å². The molecule has 2 aliphatic rings. The molecule has 0 spiro atoms. The molecule has 1 fully saturated rings. The van der Waals surface area contributed by atoms with Crippen molar-refractivity contribution in [2.24, 2.45) is 10.7 Å². The molecule has 34 heavy (non-hydrogen) atoms. The smallest absolute Gasteiger partial charge is 0.338 e. The van der Waals surface area contributed by atoms with Gasteiger partial charge >= 0.3 is 5.97 Å². The van der Waals surface area contributed by atoms with E-state index in [1.807, 2.05) is 0 Å². The minimum atomic E-state index is -3.12. The Labute approximate surface area is 197 Å². The molecular formula is C22H22F3N5O3S. The summed E-state index contributed by atoms with van der Waals surface area (Å²) in [6, 6.07) is 4.23. The van der Waals surface area contributed by atoms with Crippen molar-refractivity contribution in [3.05, 3.63) is 63.5 Å². The minimum absolute atomic E-state index is 0.0420. The van der Waals surface area contributed by atoms with Crippen molar-refractivity contribution in [3.8, 4) is 0 Å². The van der Waals surface area contributed by atoms with Crippen molar-refractivity contribution in [1.82, 2.24) is 15.2 Å². The third kappa shape index (κ3) is 4.42. The molecule has 3 heterocycles. The fourth-order valence-electron chi connectivity index (χ4n) is 4.31. The van der Waals surface area contributed by atoms with Crippen LogP contribution in [0, 0.1) is 5.82 Å². The van der Waals surface area contributed by atoms with Gasteiger partial charge in [-0.25, -0.2) is 27.9 Å². The first kappa shape index (κ1) is 23.9. The predicted octanol–water partition coefficient (Wildman–Crippen LogP) is 2.17. The Hall–Kier alpha value is -3.25. The molecule has 4 rings (SSSR count). The van der Waals surface area contributed by atoms with E-state index in [1.54, 1.807) is 18.5 Å². The number of rotatable bonds is 6. The molecule has 0 aliphatic carbocycles. The molecule has 1 amide bonds. The molecule has 0 radical (unpaired) electrons. The summed E-state index contributed by atoms with van der Waals surface area (Å²) in [4.78, 5) is 35.1. The van der Waals surface area contributed by atoms with Gasteiger partial charge in [0, 0.05) is 30.2 Å². The molecule has 0 bridgehead atoms. The maximum atomic E-state index is 14.2. The first-order valence-corrected chi connectivity index (χ1v) is 11.2. The highest BCUT2D eigenvalue weighted by Gasteiger charge is 2.49. The van der Waals surface area contributed by atoms with Gasteiger partial charge in [0.2, 0.25) is 5.91 Å². The molecule has 0 saturated carbocycles. The highest BCUT2D eigenvalue weighted by atomic mass is 32.1. The van der Waals surface area contributed by atoms with E-state index in [4.69, 9.17) is 15.5 Å². The fourth-order valence-corrected chi connectivity index (χ4v) is 4.89. The van der Waals surface area contributed by atoms with E-state index in [0.29, 0.717) is 16.4 Å². The summed E-state index contributed by atoms with van der Waals surface area (Å²) in [5, 5.41) is 5.26. The fraction of sp³-hybridized carbons (Fsp3) is 0.364. The number of aromatic nitrogens is 1. The number of amides is 1. The SMILES string of the molecule is COC(=O)C1=C(CN2CC(F)(F)CC2C(N)=O)NC(c2nccs2)=N[C@@]1(C)c1ccc(F)cc1. The number of halogens is 3. The summed E-state index contributed by atoms with van der Waals surface area (Å²) in [5.74, 6) is -4.93. The van der Waals surface area contributed by atoms with Crippen molar-refractivity contribution in [2.45, 2.75) is 30.8 Å². The zero-order chi connectivity index (χ0) is 24.7. The van der Waals surface area contributed by atoms with Gasteiger partial charge in [-0.2, -0.15) is 0 Å². The second-order valence-electron chi connectivity index (χ2n) is 8.23. The van der Waals surface area contributed by atoms with Gasteiger partial charge in [0.25, 0.3) is 5.92 Å². The summed E-state index contributed by atoms with van der Waals surface area (Å²) in [7, 11) is 1.19. The lowest BCUT2D eigenvalue weighted by atomic mass is 9.82. The summed E-state index contributed by atoms with van der Waals surface area (Å²) >= 11 is 1.28. The Morgan fingerprint density at radius 1 is 1.32 bits per heavy atom. The number of likely N-dealkylation sites (tertiary alicyclic amines) is 1. The summed E-state index contributed by atoms with van der Waals surface area (Å²) < 4.78 is 47.1. The molecule has 1 aromatic heterocycles. The van der Waals surface area contributed by atoms with Crippen molar-refractivity contribution in [3.63, 3.8) is 0 Å². The number of methoxy groups -OCH3 is 1. The number of primary amides is 1. The number of hydrogen-bond acceptors (Lipinski definition) is 8. The highest BCUT2D eigenvalue weighted by Crippen LogP contribution is 2.40. The van der Waals surface area contributed by atoms with Crippen molar-refractivity contribution in [1.29, 1.82) is 0 Å². The predicted molar refractivity (Wildman–Crippen MR) is 119 cm³/mol. The molecule has 1 aromatic carbocycles. The van der Waals surface area contributed by atoms with E-state index >= 15 is 0 Å². The molecule has 3 N–H and O–H groups in total. The van der Waals surface area contributed by atoms with E-state index < -0.39 is 48.2 Å². The lowest BCUT2D eigenvalue weighted by Crippen LogP contribution is -2.47. The van der Waals surface area contributed by atoms with Crippen LogP contribution >= 0.6 is 11.3 Å². The lowest BCUT2D eigenvalue weighted by Gasteiger charge is -2.36. The van der Waals surface area contributed by atoms with Crippen LogP contribution < -0.4 is 11.1 Å². The van der Waals surface area contributed by atoms with E-state index in [-0.39, 0.29) is 17.8 Å². The number of carbonyl (C=O) groups excluding carboxylic acids is 2. The summed E-state index contributed by atoms with van der Waals surface area (Å²) in [6.07, 6.45) is 0.856. The minimum Gasteiger partial charge on any atom is -0.466 e. The van der Waals surface area contributed by atoms with E-state index in [0.717, 1.165) is 0 Å². The summed E-state index contributed by atoms with van der Waals surface area (Å²) in [5.41, 5.74) is 4.75. The third-order valence-corrected chi connectivity index (χ3v) is 6.66. The van der Waals surface area contributed by atoms with Crippen LogP contribution in [0.2, 0.25) is 0 Å². The van der Waals surface area contributed by atoms with Crippen LogP contribution in [0.1, 0.15) is 23.9 Å². The van der Waals surface area contributed by atoms with E-state index in [9.17, 15) is 22.8 Å². The maximum absolute atomic E-state index is 14.2. The Kier molecular flexibility index (Phi) is 6.21. The zero-order valence-electron chi connectivity index (χ0n) is 18.3. The molecule has 2 aromatic rings. The number of nitrogens with one attached hydrogen (secondary N) is 1. The van der Waals surface area contributed by atoms with Gasteiger partial charge in [-0.05, 0) is 24.6 Å². The molecule has 2 aliphatic heterocycles. The van der Waals surface area contributed by atoms with Crippen LogP contribution in [0.5, 0.6) is 0 Å². The monoisotopic (exact) mass is 493 g/mol. The first-order valence-electron chi connectivity index (χ1n) is 10.3. The number of nitrogens with two attached hydrogens (primary N) is 1. The number of amidine groups is 1. The lowest BCUT2D eigenvalue weighted by molar-refractivity contribution is -0.137. The van der Waals surface area contributed by atoms with Gasteiger partial charge in [-0.1, -0.05) is 12.1 Å². The Morgan fingerprint density at radius 2 is 2.03 bits per heavy atom. The number of aliphatic imine (C=N–C) groups is 1. The number of thiazole rings is 1. The highest BCUT2D eigenvalue weighted by molar-refractivity contribution is 7.11. The largest absolute Gasteiger partial charge is 0.466 e. The maximum Gasteiger partial charge on any atom is 0.338 e. The van der Waals surface area contributed by atoms with Crippen molar-refractivity contribution < 1.29 is 27.5 Å². The van der Waals surface area contributed by atoms with Crippen molar-refractivity contribution in [2.75, 3.05) is 20.2 Å². The number of carbonyl (C=O) groups is 2. The van der Waals surface area contributed by atoms with Crippen LogP contribution in [0.4, 0.5) is 13.2 Å². The van der Waals surface area contributed by atoms with Crippen molar-refractivity contribution >= 4 is 29.0 Å². The molecule has 8 nitrogen and oxygen atoms in total. The van der Waals surface area contributed by atoms with Gasteiger partial charge in [-0.3, -0.25) is 9.69 Å². The summed E-state index contributed by atoms with van der Waals surface area (Å²) in [6.45, 7) is 0.705. The van der Waals surface area contributed by atoms with Gasteiger partial charge in [0.1, 0.15) is 11.4 Å². The van der Waals surface area contributed by atoms with Crippen LogP contribution in [-0.2, 0) is 19.9 Å². The molecule has 2 atom stereocenters. The molecule has 12 heteroatoms. The molecular weight excluding hydrogens is 471 g/mol. The first-order chi connectivity index (χ1) is 16.0. The molecule has 1 saturated heterocycles. The van der Waals surface area contributed by atoms with Crippen LogP contribution in [0.3, 0.4) is 0 Å². The van der Waals surface area contributed by atoms with E-state index in [2.05, 4.69) is 10.3 Å². The van der Waals surface area contributed by atoms with E-state index in [1.165, 1.54) is 47.6 Å². The Bertz CT molecular complexity index is 1170. The number of ether oxygens (including phenoxy) is 1. The second kappa shape index (κ2) is 8.84. The normalized spacial score (nSPS) is 24.5. The number of nitrogens with zero attached hydrogens (tertiary/aromatic N) is 3. The van der Waals surface area contributed by atoms with Gasteiger partial charge in [-0.15, -0.1) is 11.3 Å². The number of esters is 1. The quantitative estimate of drug-likeness (QED) is 0.597. The third-order valence-electron chi connectivity index (χ3n) is 5.88. The van der Waals surface area contributed by atoms with Gasteiger partial charge in [0.05, 0.1) is 25.3 Å². The Balaban J connectivity index is 1.86.